The van der Waals surface area contributed by atoms with E-state index in [1.165, 1.54) is 6.07 Å². The topological polar surface area (TPSA) is 70.9 Å². The van der Waals surface area contributed by atoms with E-state index < -0.39 is 0 Å². The Bertz CT molecular complexity index is 580. The van der Waals surface area contributed by atoms with E-state index in [4.69, 9.17) is 0 Å². The van der Waals surface area contributed by atoms with E-state index in [0.29, 0.717) is 5.82 Å². The number of aliphatic hydroxyl groups is 1. The Morgan fingerprint density at radius 2 is 2.29 bits per heavy atom. The van der Waals surface area contributed by atoms with Crippen molar-refractivity contribution in [1.29, 1.82) is 0 Å². The third-order valence-corrected chi connectivity index (χ3v) is 3.19. The molecular formula is C12H13N3O2. The molecule has 1 aliphatic rings. The first-order valence-electron chi connectivity index (χ1n) is 5.70. The Balaban J connectivity index is 2.10. The SMILES string of the molecule is O=c1ccc(-n2ccc3c2CCCC3O)n[nH]1. The summed E-state index contributed by atoms with van der Waals surface area (Å²) in [5.41, 5.74) is 1.85. The van der Waals surface area contributed by atoms with Crippen molar-refractivity contribution >= 4 is 0 Å². The number of fused-ring (bicyclic) bond motifs is 1. The number of hydrogen-bond donors (Lipinski definition) is 2. The van der Waals surface area contributed by atoms with Crippen LogP contribution in [0.5, 0.6) is 0 Å². The van der Waals surface area contributed by atoms with Crippen LogP contribution >= 0.6 is 0 Å². The van der Waals surface area contributed by atoms with Gasteiger partial charge in [0.05, 0.1) is 6.10 Å². The number of aliphatic hydroxyl groups excluding tert-OH is 1. The van der Waals surface area contributed by atoms with Crippen LogP contribution in [-0.2, 0) is 6.42 Å². The maximum atomic E-state index is 11.0. The van der Waals surface area contributed by atoms with E-state index in [1.807, 2.05) is 16.8 Å². The molecule has 1 atom stereocenters. The van der Waals surface area contributed by atoms with Gasteiger partial charge in [0.25, 0.3) is 5.56 Å². The van der Waals surface area contributed by atoms with Gasteiger partial charge in [0, 0.05) is 23.5 Å². The lowest BCUT2D eigenvalue weighted by Crippen LogP contribution is -2.13. The van der Waals surface area contributed by atoms with Gasteiger partial charge in [0.15, 0.2) is 5.82 Å². The van der Waals surface area contributed by atoms with E-state index in [1.54, 1.807) is 6.07 Å². The average molecular weight is 231 g/mol. The highest BCUT2D eigenvalue weighted by atomic mass is 16.3. The molecule has 0 radical (unpaired) electrons. The van der Waals surface area contributed by atoms with Crippen LogP contribution in [0.4, 0.5) is 0 Å². The lowest BCUT2D eigenvalue weighted by atomic mass is 9.95. The van der Waals surface area contributed by atoms with Crippen LogP contribution in [0.2, 0.25) is 0 Å². The van der Waals surface area contributed by atoms with Crippen LogP contribution in [0.15, 0.2) is 29.2 Å². The molecule has 0 fully saturated rings. The summed E-state index contributed by atoms with van der Waals surface area (Å²) in [5, 5.41) is 16.3. The quantitative estimate of drug-likeness (QED) is 0.767. The van der Waals surface area contributed by atoms with Crippen molar-refractivity contribution in [2.24, 2.45) is 0 Å². The Morgan fingerprint density at radius 1 is 1.41 bits per heavy atom. The number of aromatic nitrogens is 3. The van der Waals surface area contributed by atoms with Crippen molar-refractivity contribution in [3.05, 3.63) is 46.0 Å². The molecule has 5 nitrogen and oxygen atoms in total. The van der Waals surface area contributed by atoms with Crippen molar-refractivity contribution in [3.8, 4) is 5.82 Å². The Labute approximate surface area is 97.7 Å². The van der Waals surface area contributed by atoms with Crippen LogP contribution in [0.3, 0.4) is 0 Å². The zero-order valence-corrected chi connectivity index (χ0v) is 9.26. The first kappa shape index (κ1) is 10.3. The number of rotatable bonds is 1. The lowest BCUT2D eigenvalue weighted by Gasteiger charge is -2.19. The molecule has 0 spiro atoms. The largest absolute Gasteiger partial charge is 0.388 e. The van der Waals surface area contributed by atoms with E-state index in [9.17, 15) is 9.90 Å². The highest BCUT2D eigenvalue weighted by molar-refractivity contribution is 5.34. The van der Waals surface area contributed by atoms with Crippen LogP contribution in [0.1, 0.15) is 30.2 Å². The van der Waals surface area contributed by atoms with Gasteiger partial charge in [-0.1, -0.05) is 0 Å². The second kappa shape index (κ2) is 3.85. The van der Waals surface area contributed by atoms with Crippen molar-refractivity contribution in [2.75, 3.05) is 0 Å². The van der Waals surface area contributed by atoms with Gasteiger partial charge in [0.1, 0.15) is 0 Å². The van der Waals surface area contributed by atoms with Gasteiger partial charge < -0.3 is 9.67 Å². The smallest absolute Gasteiger partial charge is 0.264 e. The van der Waals surface area contributed by atoms with Gasteiger partial charge in [-0.3, -0.25) is 4.79 Å². The maximum Gasteiger partial charge on any atom is 0.264 e. The molecule has 0 saturated carbocycles. The molecule has 3 rings (SSSR count). The number of nitrogens with one attached hydrogen (secondary N) is 1. The zero-order chi connectivity index (χ0) is 11.8. The highest BCUT2D eigenvalue weighted by Gasteiger charge is 2.21. The summed E-state index contributed by atoms with van der Waals surface area (Å²) in [6.07, 6.45) is 4.24. The first-order valence-corrected chi connectivity index (χ1v) is 5.70. The Hall–Kier alpha value is -1.88. The van der Waals surface area contributed by atoms with Crippen LogP contribution in [-0.4, -0.2) is 19.9 Å². The normalized spacial score (nSPS) is 19.0. The molecule has 0 bridgehead atoms. The molecule has 88 valence electrons. The third-order valence-electron chi connectivity index (χ3n) is 3.19. The number of H-pyrrole nitrogens is 1. The molecule has 0 aliphatic heterocycles. The minimum Gasteiger partial charge on any atom is -0.388 e. The van der Waals surface area contributed by atoms with E-state index in [-0.39, 0.29) is 11.7 Å². The molecular weight excluding hydrogens is 218 g/mol. The number of nitrogens with zero attached hydrogens (tertiary/aromatic N) is 2. The van der Waals surface area contributed by atoms with Gasteiger partial charge in [-0.05, 0) is 31.4 Å². The lowest BCUT2D eigenvalue weighted by molar-refractivity contribution is 0.156. The summed E-state index contributed by atoms with van der Waals surface area (Å²) in [6, 6.07) is 5.06. The summed E-state index contributed by atoms with van der Waals surface area (Å²) < 4.78 is 1.92. The molecule has 2 N–H and O–H groups in total. The predicted molar refractivity (Wildman–Crippen MR) is 62.1 cm³/mol. The predicted octanol–water partition coefficient (Wildman–Crippen LogP) is 0.930. The Kier molecular flexibility index (Phi) is 2.33. The molecule has 1 unspecified atom stereocenters. The monoisotopic (exact) mass is 231 g/mol. The van der Waals surface area contributed by atoms with Crippen LogP contribution in [0.25, 0.3) is 5.82 Å². The van der Waals surface area contributed by atoms with Crippen LogP contribution < -0.4 is 5.56 Å². The highest BCUT2D eigenvalue weighted by Crippen LogP contribution is 2.31. The molecule has 2 heterocycles. The van der Waals surface area contributed by atoms with Crippen molar-refractivity contribution in [1.82, 2.24) is 14.8 Å². The number of hydrogen-bond acceptors (Lipinski definition) is 3. The van der Waals surface area contributed by atoms with Gasteiger partial charge in [-0.2, -0.15) is 5.10 Å². The van der Waals surface area contributed by atoms with Gasteiger partial charge in [0.2, 0.25) is 0 Å². The van der Waals surface area contributed by atoms with Crippen molar-refractivity contribution in [3.63, 3.8) is 0 Å². The van der Waals surface area contributed by atoms with Crippen molar-refractivity contribution < 1.29 is 5.11 Å². The molecule has 5 heteroatoms. The third kappa shape index (κ3) is 1.68. The van der Waals surface area contributed by atoms with Gasteiger partial charge in [-0.25, -0.2) is 5.10 Å². The Morgan fingerprint density at radius 3 is 3.06 bits per heavy atom. The van der Waals surface area contributed by atoms with Gasteiger partial charge >= 0.3 is 0 Å². The van der Waals surface area contributed by atoms with Crippen molar-refractivity contribution in [2.45, 2.75) is 25.4 Å². The fraction of sp³-hybridized carbons (Fsp3) is 0.333. The summed E-state index contributed by atoms with van der Waals surface area (Å²) in [4.78, 5) is 11.0. The summed E-state index contributed by atoms with van der Waals surface area (Å²) >= 11 is 0. The number of aromatic amines is 1. The van der Waals surface area contributed by atoms with Crippen LogP contribution in [0, 0.1) is 0 Å². The molecule has 1 aliphatic carbocycles. The second-order valence-electron chi connectivity index (χ2n) is 4.28. The summed E-state index contributed by atoms with van der Waals surface area (Å²) in [7, 11) is 0. The van der Waals surface area contributed by atoms with E-state index >= 15 is 0 Å². The molecule has 0 saturated heterocycles. The maximum absolute atomic E-state index is 11.0. The molecule has 0 amide bonds. The summed E-state index contributed by atoms with van der Waals surface area (Å²) in [6.45, 7) is 0. The molecule has 0 aromatic carbocycles. The van der Waals surface area contributed by atoms with Gasteiger partial charge in [-0.15, -0.1) is 0 Å². The minimum absolute atomic E-state index is 0.213. The van der Waals surface area contributed by atoms with E-state index in [2.05, 4.69) is 10.2 Å². The minimum atomic E-state index is -0.372. The molecule has 17 heavy (non-hydrogen) atoms. The second-order valence-corrected chi connectivity index (χ2v) is 4.28. The summed E-state index contributed by atoms with van der Waals surface area (Å²) in [5.74, 6) is 0.681. The standard InChI is InChI=1S/C12H13N3O2/c16-10-3-1-2-9-8(10)6-7-15(9)11-4-5-12(17)14-13-11/h4-7,10,16H,1-3H2,(H,14,17). The fourth-order valence-corrected chi connectivity index (χ4v) is 2.35. The first-order chi connectivity index (χ1) is 8.25. The molecule has 2 aromatic heterocycles. The average Bonchev–Trinajstić information content (AvgIpc) is 2.75. The molecule has 2 aromatic rings. The van der Waals surface area contributed by atoms with E-state index in [0.717, 1.165) is 30.5 Å². The zero-order valence-electron chi connectivity index (χ0n) is 9.26. The fourth-order valence-electron chi connectivity index (χ4n) is 2.35.